The Bertz CT molecular complexity index is 613. The molecule has 0 radical (unpaired) electrons. The number of carbonyl (C=O) groups excluding carboxylic acids is 1. The van der Waals surface area contributed by atoms with E-state index < -0.39 is 0 Å². The molecule has 0 aromatic heterocycles. The van der Waals surface area contributed by atoms with Crippen molar-refractivity contribution in [2.24, 2.45) is 0 Å². The summed E-state index contributed by atoms with van der Waals surface area (Å²) in [4.78, 5) is 12.0. The van der Waals surface area contributed by atoms with E-state index in [9.17, 15) is 4.79 Å². The number of carbonyl (C=O) groups is 1. The van der Waals surface area contributed by atoms with Crippen molar-refractivity contribution in [3.63, 3.8) is 0 Å². The summed E-state index contributed by atoms with van der Waals surface area (Å²) in [6.07, 6.45) is 0.282. The van der Waals surface area contributed by atoms with Gasteiger partial charge in [0.2, 0.25) is 5.91 Å². The van der Waals surface area contributed by atoms with Crippen LogP contribution in [0.25, 0.3) is 0 Å². The fourth-order valence-electron chi connectivity index (χ4n) is 1.69. The molecule has 0 fully saturated rings. The maximum atomic E-state index is 12.0. The highest BCUT2D eigenvalue weighted by Gasteiger charge is 2.07. The molecule has 0 aliphatic heterocycles. The van der Waals surface area contributed by atoms with Gasteiger partial charge in [0.1, 0.15) is 0 Å². The Morgan fingerprint density at radius 1 is 1.26 bits per heavy atom. The summed E-state index contributed by atoms with van der Waals surface area (Å²) in [7, 11) is 0. The van der Waals surface area contributed by atoms with Crippen molar-refractivity contribution in [2.75, 3.05) is 5.32 Å². The lowest BCUT2D eigenvalue weighted by atomic mass is 10.1. The van der Waals surface area contributed by atoms with Crippen LogP contribution < -0.4 is 5.32 Å². The quantitative estimate of drug-likeness (QED) is 0.778. The van der Waals surface area contributed by atoms with Crippen LogP contribution in [0.1, 0.15) is 11.1 Å². The third-order valence-corrected chi connectivity index (χ3v) is 4.30. The normalized spacial score (nSPS) is 10.3. The Morgan fingerprint density at radius 3 is 2.68 bits per heavy atom. The summed E-state index contributed by atoms with van der Waals surface area (Å²) < 4.78 is 1.13. The average molecular weight is 386 g/mol. The monoisotopic (exact) mass is 385 g/mol. The molecule has 0 unspecified atom stereocenters. The lowest BCUT2D eigenvalue weighted by molar-refractivity contribution is -0.115. The van der Waals surface area contributed by atoms with Crippen molar-refractivity contribution in [2.45, 2.75) is 13.3 Å². The van der Waals surface area contributed by atoms with E-state index in [1.165, 1.54) is 5.56 Å². The van der Waals surface area contributed by atoms with Gasteiger partial charge in [0.15, 0.2) is 0 Å². The Hall–Kier alpha value is -1.07. The molecule has 2 aromatic carbocycles. The summed E-state index contributed by atoms with van der Waals surface area (Å²) in [6.45, 7) is 2.04. The summed E-state index contributed by atoms with van der Waals surface area (Å²) >= 11 is 8.29. The predicted octanol–water partition coefficient (Wildman–Crippen LogP) is 4.43. The van der Waals surface area contributed by atoms with E-state index in [2.05, 4.69) is 27.9 Å². The second kappa shape index (κ2) is 6.39. The number of amides is 1. The Morgan fingerprint density at radius 2 is 2.00 bits per heavy atom. The Kier molecular flexibility index (Phi) is 4.82. The molecule has 0 saturated heterocycles. The third-order valence-electron chi connectivity index (χ3n) is 2.76. The van der Waals surface area contributed by atoms with Gasteiger partial charge >= 0.3 is 0 Å². The Balaban J connectivity index is 2.05. The first-order valence-corrected chi connectivity index (χ1v) is 7.31. The zero-order valence-electron chi connectivity index (χ0n) is 10.4. The van der Waals surface area contributed by atoms with Crippen LogP contribution in [-0.4, -0.2) is 5.91 Å². The van der Waals surface area contributed by atoms with Crippen LogP contribution in [0.2, 0.25) is 5.02 Å². The second-order valence-electron chi connectivity index (χ2n) is 4.28. The molecular formula is C15H13ClINO. The van der Waals surface area contributed by atoms with E-state index in [4.69, 9.17) is 11.6 Å². The van der Waals surface area contributed by atoms with Crippen LogP contribution >= 0.6 is 34.2 Å². The molecule has 2 rings (SSSR count). The average Bonchev–Trinajstić information content (AvgIpc) is 2.37. The van der Waals surface area contributed by atoms with Gasteiger partial charge in [-0.25, -0.2) is 0 Å². The second-order valence-corrected chi connectivity index (χ2v) is 5.85. The fraction of sp³-hybridized carbons (Fsp3) is 0.133. The minimum atomic E-state index is -0.0623. The van der Waals surface area contributed by atoms with Crippen molar-refractivity contribution < 1.29 is 4.79 Å². The van der Waals surface area contributed by atoms with Crippen LogP contribution in [0.5, 0.6) is 0 Å². The van der Waals surface area contributed by atoms with Crippen molar-refractivity contribution in [1.29, 1.82) is 0 Å². The van der Waals surface area contributed by atoms with Crippen molar-refractivity contribution in [1.82, 2.24) is 0 Å². The molecule has 1 N–H and O–H groups in total. The van der Waals surface area contributed by atoms with Crippen LogP contribution in [0.15, 0.2) is 42.5 Å². The molecule has 0 aliphatic carbocycles. The summed E-state index contributed by atoms with van der Waals surface area (Å²) in [5, 5.41) is 3.50. The van der Waals surface area contributed by atoms with Crippen LogP contribution in [0, 0.1) is 10.5 Å². The number of anilines is 1. The first-order chi connectivity index (χ1) is 9.06. The molecule has 98 valence electrons. The molecule has 4 heteroatoms. The van der Waals surface area contributed by atoms with Gasteiger partial charge in [-0.15, -0.1) is 0 Å². The van der Waals surface area contributed by atoms with Crippen molar-refractivity contribution in [3.05, 3.63) is 62.2 Å². The number of hydrogen-bond acceptors (Lipinski definition) is 1. The van der Waals surface area contributed by atoms with E-state index >= 15 is 0 Å². The van der Waals surface area contributed by atoms with Crippen LogP contribution in [0.4, 0.5) is 5.69 Å². The standard InChI is InChI=1S/C15H13ClINO/c1-10-6-7-12(9-14(10)17)18-15(19)8-11-4-2-3-5-13(11)16/h2-7,9H,8H2,1H3,(H,18,19). The first kappa shape index (κ1) is 14.3. The van der Waals surface area contributed by atoms with Crippen LogP contribution in [0.3, 0.4) is 0 Å². The molecule has 0 aliphatic rings. The molecule has 0 atom stereocenters. The van der Waals surface area contributed by atoms with E-state index in [-0.39, 0.29) is 12.3 Å². The number of aryl methyl sites for hydroxylation is 1. The minimum Gasteiger partial charge on any atom is -0.326 e. The maximum Gasteiger partial charge on any atom is 0.228 e. The summed E-state index contributed by atoms with van der Waals surface area (Å²) in [5.41, 5.74) is 2.85. The molecule has 0 bridgehead atoms. The highest BCUT2D eigenvalue weighted by atomic mass is 127. The molecule has 1 amide bonds. The smallest absolute Gasteiger partial charge is 0.228 e. The molecule has 2 aromatic rings. The van der Waals surface area contributed by atoms with Crippen molar-refractivity contribution >= 4 is 45.8 Å². The Labute approximate surface area is 131 Å². The number of nitrogens with one attached hydrogen (secondary N) is 1. The molecule has 2 nitrogen and oxygen atoms in total. The molecule has 0 saturated carbocycles. The summed E-state index contributed by atoms with van der Waals surface area (Å²) in [5.74, 6) is -0.0623. The molecular weight excluding hydrogens is 373 g/mol. The van der Waals surface area contributed by atoms with Gasteiger partial charge in [-0.3, -0.25) is 4.79 Å². The predicted molar refractivity (Wildman–Crippen MR) is 87.7 cm³/mol. The topological polar surface area (TPSA) is 29.1 Å². The van der Waals surface area contributed by atoms with Crippen LogP contribution in [-0.2, 0) is 11.2 Å². The summed E-state index contributed by atoms with van der Waals surface area (Å²) in [6, 6.07) is 13.2. The maximum absolute atomic E-state index is 12.0. The molecule has 19 heavy (non-hydrogen) atoms. The molecule has 0 spiro atoms. The zero-order chi connectivity index (χ0) is 13.8. The van der Waals surface area contributed by atoms with Gasteiger partial charge in [0.25, 0.3) is 0 Å². The zero-order valence-corrected chi connectivity index (χ0v) is 13.3. The minimum absolute atomic E-state index is 0.0623. The van der Waals surface area contributed by atoms with E-state index in [0.29, 0.717) is 5.02 Å². The SMILES string of the molecule is Cc1ccc(NC(=O)Cc2ccccc2Cl)cc1I. The van der Waals surface area contributed by atoms with E-state index in [0.717, 1.165) is 14.8 Å². The van der Waals surface area contributed by atoms with Gasteiger partial charge in [-0.2, -0.15) is 0 Å². The first-order valence-electron chi connectivity index (χ1n) is 5.85. The highest BCUT2D eigenvalue weighted by Crippen LogP contribution is 2.19. The third kappa shape index (κ3) is 3.94. The van der Waals surface area contributed by atoms with E-state index in [1.807, 2.05) is 43.3 Å². The lowest BCUT2D eigenvalue weighted by Crippen LogP contribution is -2.14. The number of benzene rings is 2. The fourth-order valence-corrected chi connectivity index (χ4v) is 2.41. The van der Waals surface area contributed by atoms with E-state index in [1.54, 1.807) is 6.07 Å². The van der Waals surface area contributed by atoms with Gasteiger partial charge in [0, 0.05) is 14.3 Å². The van der Waals surface area contributed by atoms with Gasteiger partial charge in [0.05, 0.1) is 6.42 Å². The number of halogens is 2. The largest absolute Gasteiger partial charge is 0.326 e. The van der Waals surface area contributed by atoms with Gasteiger partial charge in [-0.05, 0) is 58.8 Å². The number of rotatable bonds is 3. The van der Waals surface area contributed by atoms with Crippen molar-refractivity contribution in [3.8, 4) is 0 Å². The van der Waals surface area contributed by atoms with Gasteiger partial charge < -0.3 is 5.32 Å². The van der Waals surface area contributed by atoms with Gasteiger partial charge in [-0.1, -0.05) is 35.9 Å². The number of hydrogen-bond donors (Lipinski definition) is 1. The molecule has 0 heterocycles. The highest BCUT2D eigenvalue weighted by molar-refractivity contribution is 14.1. The lowest BCUT2D eigenvalue weighted by Gasteiger charge is -2.08.